The number of carbonyl (C=O) groups is 6. The van der Waals surface area contributed by atoms with Crippen molar-refractivity contribution in [3.8, 4) is 0 Å². The van der Waals surface area contributed by atoms with E-state index in [4.69, 9.17) is 9.47 Å². The molecule has 0 aliphatic heterocycles. The van der Waals surface area contributed by atoms with E-state index in [9.17, 15) is 28.8 Å². The van der Waals surface area contributed by atoms with Crippen LogP contribution in [-0.4, -0.2) is 85.7 Å². The Hall–Kier alpha value is -4.84. The van der Waals surface area contributed by atoms with E-state index in [1.165, 1.54) is 7.11 Å². The van der Waals surface area contributed by atoms with E-state index in [-0.39, 0.29) is 60.7 Å². The fourth-order valence-electron chi connectivity index (χ4n) is 6.75. The van der Waals surface area contributed by atoms with E-state index in [1.807, 2.05) is 118 Å². The summed E-state index contributed by atoms with van der Waals surface area (Å²) in [6.45, 7) is 22.6. The standard InChI is InChI=1S/C47H70N4O8/c1-28(2)31(6)42(54)49-32(7)38(52)25-33-19-21-34(22-20-33)27-59-39(53)26-35-17-16-18-36(24-35)47(11,12)40(48-13)43(55)50-41(46(8,9)10)44(56)51(14)37(29(3)4)23-30(5)45(57)58-15/h16-24,28-29,31-32,37,40-41,48H,25-27H2,1-15H3,(H,49,54)(H,50,55)/b30-23+/t31-,32-,37+,40?,41+/m0/s1. The lowest BCUT2D eigenvalue weighted by molar-refractivity contribution is -0.144. The van der Waals surface area contributed by atoms with Crippen molar-refractivity contribution in [2.24, 2.45) is 23.2 Å². The van der Waals surface area contributed by atoms with Crippen molar-refractivity contribution in [3.63, 3.8) is 0 Å². The maximum absolute atomic E-state index is 14.1. The molecule has 3 amide bonds. The predicted molar refractivity (Wildman–Crippen MR) is 231 cm³/mol. The van der Waals surface area contributed by atoms with Gasteiger partial charge in [-0.2, -0.15) is 0 Å². The second-order valence-electron chi connectivity index (χ2n) is 18.0. The van der Waals surface area contributed by atoms with Gasteiger partial charge >= 0.3 is 11.9 Å². The lowest BCUT2D eigenvalue weighted by Gasteiger charge is -2.40. The third-order valence-electron chi connectivity index (χ3n) is 11.2. The maximum atomic E-state index is 14.1. The normalized spacial score (nSPS) is 14.8. The van der Waals surface area contributed by atoms with Crippen molar-refractivity contribution < 1.29 is 38.2 Å². The molecule has 0 saturated carbocycles. The average Bonchev–Trinajstić information content (AvgIpc) is 3.16. The van der Waals surface area contributed by atoms with E-state index in [2.05, 4.69) is 16.0 Å². The van der Waals surface area contributed by atoms with Crippen molar-refractivity contribution in [2.75, 3.05) is 21.2 Å². The minimum Gasteiger partial charge on any atom is -0.466 e. The molecule has 12 nitrogen and oxygen atoms in total. The molecule has 3 N–H and O–H groups in total. The third kappa shape index (κ3) is 14.4. The number of methoxy groups -OCH3 is 1. The second kappa shape index (κ2) is 22.0. The molecule has 0 spiro atoms. The van der Waals surface area contributed by atoms with E-state index >= 15 is 0 Å². The molecule has 0 aromatic heterocycles. The van der Waals surface area contributed by atoms with Gasteiger partial charge in [0.05, 0.1) is 31.7 Å². The number of nitrogens with one attached hydrogen (secondary N) is 3. The van der Waals surface area contributed by atoms with Crippen molar-refractivity contribution in [2.45, 2.75) is 132 Å². The Bertz CT molecular complexity index is 1810. The van der Waals surface area contributed by atoms with Crippen molar-refractivity contribution >= 4 is 35.4 Å². The number of ketones is 1. The van der Waals surface area contributed by atoms with Crippen LogP contribution in [0, 0.1) is 23.2 Å². The molecule has 5 atom stereocenters. The molecule has 2 aromatic rings. The fraction of sp³-hybridized carbons (Fsp3) is 0.574. The largest absolute Gasteiger partial charge is 0.466 e. The topological polar surface area (TPSA) is 160 Å². The van der Waals surface area contributed by atoms with Gasteiger partial charge in [-0.1, -0.05) is 124 Å². The summed E-state index contributed by atoms with van der Waals surface area (Å²) in [6, 6.07) is 12.1. The predicted octanol–water partition coefficient (Wildman–Crippen LogP) is 5.88. The summed E-state index contributed by atoms with van der Waals surface area (Å²) in [4.78, 5) is 80.2. The molecule has 0 aliphatic carbocycles. The second-order valence-corrected chi connectivity index (χ2v) is 18.0. The van der Waals surface area contributed by atoms with Crippen LogP contribution >= 0.6 is 0 Å². The van der Waals surface area contributed by atoms with Crippen LogP contribution in [0.25, 0.3) is 0 Å². The maximum Gasteiger partial charge on any atom is 0.333 e. The molecule has 0 saturated heterocycles. The van der Waals surface area contributed by atoms with E-state index < -0.39 is 46.9 Å². The first kappa shape index (κ1) is 50.3. The Balaban J connectivity index is 2.13. The van der Waals surface area contributed by atoms with Crippen molar-refractivity contribution in [1.82, 2.24) is 20.9 Å². The Morgan fingerprint density at radius 2 is 1.36 bits per heavy atom. The number of hydrogen-bond acceptors (Lipinski definition) is 9. The van der Waals surface area contributed by atoms with Crippen LogP contribution in [-0.2, 0) is 63.1 Å². The number of esters is 2. The van der Waals surface area contributed by atoms with Crippen LogP contribution in [0.3, 0.4) is 0 Å². The quantitative estimate of drug-likeness (QED) is 0.110. The Morgan fingerprint density at radius 1 is 0.763 bits per heavy atom. The Morgan fingerprint density at radius 3 is 1.88 bits per heavy atom. The van der Waals surface area contributed by atoms with E-state index in [1.54, 1.807) is 38.9 Å². The number of benzene rings is 2. The van der Waals surface area contributed by atoms with Gasteiger partial charge in [0.2, 0.25) is 17.7 Å². The SMILES string of the molecule is CNC(C(=O)N[C@H](C(=O)N(C)[C@H](/C=C(\C)C(=O)OC)C(C)C)C(C)(C)C)C(C)(C)c1cccc(CC(=O)OCc2ccc(CC(=O)[C@H](C)NC(=O)[C@@H](C)C(C)C)cc2)c1. The molecule has 2 aromatic carbocycles. The Labute approximate surface area is 352 Å². The smallest absolute Gasteiger partial charge is 0.333 e. The lowest BCUT2D eigenvalue weighted by Crippen LogP contribution is -2.61. The molecule has 0 bridgehead atoms. The molecule has 59 heavy (non-hydrogen) atoms. The summed E-state index contributed by atoms with van der Waals surface area (Å²) in [5.74, 6) is -1.82. The van der Waals surface area contributed by atoms with Gasteiger partial charge in [-0.05, 0) is 60.4 Å². The molecule has 2 rings (SSSR count). The number of nitrogens with zero attached hydrogens (tertiary/aromatic N) is 1. The number of rotatable bonds is 20. The highest BCUT2D eigenvalue weighted by Crippen LogP contribution is 2.30. The summed E-state index contributed by atoms with van der Waals surface area (Å²) in [5, 5.41) is 9.02. The molecule has 0 fully saturated rings. The van der Waals surface area contributed by atoms with Gasteiger partial charge in [-0.15, -0.1) is 0 Å². The molecule has 0 radical (unpaired) electrons. The minimum atomic E-state index is -0.888. The first-order valence-electron chi connectivity index (χ1n) is 20.5. The van der Waals surface area contributed by atoms with Crippen LogP contribution in [0.2, 0.25) is 0 Å². The van der Waals surface area contributed by atoms with Gasteiger partial charge in [0.1, 0.15) is 12.6 Å². The zero-order valence-corrected chi connectivity index (χ0v) is 38.1. The zero-order valence-electron chi connectivity index (χ0n) is 38.1. The van der Waals surface area contributed by atoms with Gasteiger partial charge in [0.25, 0.3) is 0 Å². The highest BCUT2D eigenvalue weighted by Gasteiger charge is 2.42. The van der Waals surface area contributed by atoms with Crippen LogP contribution in [0.15, 0.2) is 60.2 Å². The summed E-state index contributed by atoms with van der Waals surface area (Å²) in [5.41, 5.74) is 2.04. The number of ether oxygens (including phenoxy) is 2. The summed E-state index contributed by atoms with van der Waals surface area (Å²) in [7, 11) is 4.69. The first-order valence-corrected chi connectivity index (χ1v) is 20.5. The number of amides is 3. The molecule has 326 valence electrons. The monoisotopic (exact) mass is 819 g/mol. The first-order chi connectivity index (χ1) is 27.3. The molecular weight excluding hydrogens is 749 g/mol. The Kier molecular flexibility index (Phi) is 18.7. The van der Waals surface area contributed by atoms with Crippen molar-refractivity contribution in [3.05, 3.63) is 82.4 Å². The molecule has 0 heterocycles. The number of Topliss-reactive ketones (excluding diaryl/α,β-unsaturated/α-hetero) is 1. The van der Waals surface area contributed by atoms with Gasteiger partial charge in [-0.3, -0.25) is 24.0 Å². The van der Waals surface area contributed by atoms with Gasteiger partial charge in [0.15, 0.2) is 5.78 Å². The number of likely N-dealkylation sites (N-methyl/N-ethyl adjacent to an activating group) is 2. The third-order valence-corrected chi connectivity index (χ3v) is 11.2. The zero-order chi connectivity index (χ0) is 45.0. The summed E-state index contributed by atoms with van der Waals surface area (Å²) >= 11 is 0. The highest BCUT2D eigenvalue weighted by atomic mass is 16.5. The van der Waals surface area contributed by atoms with Crippen LogP contribution < -0.4 is 16.0 Å². The average molecular weight is 819 g/mol. The van der Waals surface area contributed by atoms with Crippen LogP contribution in [0.4, 0.5) is 0 Å². The minimum absolute atomic E-state index is 0.0137. The number of hydrogen-bond donors (Lipinski definition) is 3. The fourth-order valence-corrected chi connectivity index (χ4v) is 6.75. The lowest BCUT2D eigenvalue weighted by atomic mass is 9.76. The van der Waals surface area contributed by atoms with Crippen LogP contribution in [0.5, 0.6) is 0 Å². The molecule has 1 unspecified atom stereocenters. The summed E-state index contributed by atoms with van der Waals surface area (Å²) < 4.78 is 10.5. The number of carbonyl (C=O) groups excluding carboxylic acids is 6. The van der Waals surface area contributed by atoms with Crippen molar-refractivity contribution in [1.29, 1.82) is 0 Å². The van der Waals surface area contributed by atoms with Gasteiger partial charge < -0.3 is 30.3 Å². The van der Waals surface area contributed by atoms with E-state index in [0.717, 1.165) is 16.7 Å². The van der Waals surface area contributed by atoms with Gasteiger partial charge in [-0.25, -0.2) is 4.79 Å². The van der Waals surface area contributed by atoms with E-state index in [0.29, 0.717) is 11.1 Å². The van der Waals surface area contributed by atoms with Gasteiger partial charge in [0, 0.05) is 30.4 Å². The summed E-state index contributed by atoms with van der Waals surface area (Å²) in [6.07, 6.45) is 1.91. The highest BCUT2D eigenvalue weighted by molar-refractivity contribution is 5.92. The molecule has 0 aliphatic rings. The molecular formula is C47H70N4O8. The van der Waals surface area contributed by atoms with Crippen LogP contribution in [0.1, 0.15) is 105 Å². The molecule has 12 heteroatoms.